The van der Waals surface area contributed by atoms with Crippen LogP contribution in [-0.4, -0.2) is 25.3 Å². The van der Waals surface area contributed by atoms with Crippen LogP contribution in [0.2, 0.25) is 0 Å². The van der Waals surface area contributed by atoms with E-state index in [0.29, 0.717) is 23.5 Å². The van der Waals surface area contributed by atoms with Gasteiger partial charge in [0, 0.05) is 47.7 Å². The number of fused-ring (bicyclic) bond motifs is 2. The van der Waals surface area contributed by atoms with Crippen LogP contribution in [0.3, 0.4) is 0 Å². The maximum Gasteiger partial charge on any atom is 0.141 e. The first-order chi connectivity index (χ1) is 18.2. The molecule has 3 aromatic heterocycles. The van der Waals surface area contributed by atoms with E-state index < -0.39 is 0 Å². The Morgan fingerprint density at radius 1 is 0.892 bits per heavy atom. The van der Waals surface area contributed by atoms with E-state index in [-0.39, 0.29) is 0 Å². The molecule has 5 nitrogen and oxygen atoms in total. The molecule has 0 unspecified atom stereocenters. The predicted octanol–water partition coefficient (Wildman–Crippen LogP) is 7.42. The number of pyridine rings is 1. The molecule has 0 amide bonds. The molecule has 0 saturated heterocycles. The fourth-order valence-corrected chi connectivity index (χ4v) is 6.26. The molecule has 2 aliphatic rings. The summed E-state index contributed by atoms with van der Waals surface area (Å²) in [5.41, 5.74) is 6.82. The molecular weight excluding hydrogens is 456 g/mol. The van der Waals surface area contributed by atoms with E-state index in [9.17, 15) is 4.79 Å². The van der Waals surface area contributed by atoms with E-state index in [1.165, 1.54) is 42.2 Å². The maximum atomic E-state index is 12.3. The molecule has 37 heavy (non-hydrogen) atoms. The third kappa shape index (κ3) is 4.37. The number of nitrogens with one attached hydrogen (secondary N) is 1. The first-order valence-electron chi connectivity index (χ1n) is 13.7. The molecule has 2 aliphatic carbocycles. The van der Waals surface area contributed by atoms with E-state index >= 15 is 0 Å². The van der Waals surface area contributed by atoms with Gasteiger partial charge in [0.1, 0.15) is 17.1 Å². The van der Waals surface area contributed by atoms with E-state index in [4.69, 9.17) is 4.98 Å². The number of hydrogen-bond acceptors (Lipinski definition) is 3. The molecule has 5 aromatic rings. The van der Waals surface area contributed by atoms with Gasteiger partial charge in [0.05, 0.1) is 11.7 Å². The summed E-state index contributed by atoms with van der Waals surface area (Å²) < 4.78 is 2.40. The van der Waals surface area contributed by atoms with Gasteiger partial charge in [-0.3, -0.25) is 9.78 Å². The van der Waals surface area contributed by atoms with Crippen molar-refractivity contribution < 1.29 is 4.79 Å². The maximum absolute atomic E-state index is 12.3. The molecular formula is C32H32N4O. The van der Waals surface area contributed by atoms with E-state index in [1.54, 1.807) is 0 Å². The highest BCUT2D eigenvalue weighted by Crippen LogP contribution is 2.38. The number of benzene rings is 2. The van der Waals surface area contributed by atoms with Crippen LogP contribution in [-0.2, 0) is 11.3 Å². The minimum atomic E-state index is 0.397. The number of carbonyl (C=O) groups is 1. The lowest BCUT2D eigenvalue weighted by Gasteiger charge is -2.29. The van der Waals surface area contributed by atoms with Crippen LogP contribution in [0, 0.1) is 17.8 Å². The zero-order valence-electron chi connectivity index (χ0n) is 21.1. The molecule has 0 aliphatic heterocycles. The number of nitrogens with zero attached hydrogens (tertiary/aromatic N) is 3. The molecule has 5 heteroatoms. The number of aromatic amines is 1. The second-order valence-electron chi connectivity index (χ2n) is 11.1. The zero-order chi connectivity index (χ0) is 24.8. The van der Waals surface area contributed by atoms with E-state index in [1.807, 2.05) is 18.6 Å². The predicted molar refractivity (Wildman–Crippen MR) is 148 cm³/mol. The van der Waals surface area contributed by atoms with Crippen LogP contribution < -0.4 is 0 Å². The summed E-state index contributed by atoms with van der Waals surface area (Å²) in [5.74, 6) is 3.13. The Hall–Kier alpha value is -3.73. The molecule has 2 aromatic carbocycles. The van der Waals surface area contributed by atoms with Crippen molar-refractivity contribution in [2.75, 3.05) is 0 Å². The molecule has 0 spiro atoms. The molecule has 2 fully saturated rings. The average molecular weight is 489 g/mol. The number of Topliss-reactive ketones (excluding diaryl/α,β-unsaturated/α-hetero) is 1. The number of carbonyl (C=O) groups excluding carboxylic acids is 1. The lowest BCUT2D eigenvalue weighted by Crippen LogP contribution is -2.21. The minimum Gasteiger partial charge on any atom is -0.361 e. The number of ketones is 1. The Morgan fingerprint density at radius 3 is 2.49 bits per heavy atom. The standard InChI is InChI=1S/C32H32N4O/c37-31(24-10-11-24)18-21-4-6-22(7-5-21)20-36-30-15-16-33-19-29(30)35-32(36)25-12-8-23(9-13-25)26-2-1-3-28-27(26)14-17-34-28/h1-3,8-9,12-17,19,21-22,24,34H,4-7,10-11,18,20H2. The van der Waals surface area contributed by atoms with Gasteiger partial charge < -0.3 is 9.55 Å². The number of imidazole rings is 1. The van der Waals surface area contributed by atoms with Crippen molar-refractivity contribution in [2.45, 2.75) is 51.5 Å². The summed E-state index contributed by atoms with van der Waals surface area (Å²) in [6.45, 7) is 0.962. The second kappa shape index (κ2) is 9.29. The SMILES string of the molecule is O=C(CC1CCC(Cn2c(-c3ccc(-c4cccc5[nH]ccc45)cc3)nc3cnccc32)CC1)C1CC1. The summed E-state index contributed by atoms with van der Waals surface area (Å²) >= 11 is 0. The number of rotatable bonds is 7. The van der Waals surface area contributed by atoms with Crippen molar-refractivity contribution in [3.8, 4) is 22.5 Å². The van der Waals surface area contributed by atoms with Crippen LogP contribution in [0.4, 0.5) is 0 Å². The monoisotopic (exact) mass is 488 g/mol. The molecule has 0 atom stereocenters. The van der Waals surface area contributed by atoms with Gasteiger partial charge in [-0.2, -0.15) is 0 Å². The third-order valence-electron chi connectivity index (χ3n) is 8.53. The van der Waals surface area contributed by atoms with Gasteiger partial charge in [0.25, 0.3) is 0 Å². The summed E-state index contributed by atoms with van der Waals surface area (Å²) in [5, 5.41) is 1.24. The molecule has 0 radical (unpaired) electrons. The normalized spacial score (nSPS) is 20.0. The zero-order valence-corrected chi connectivity index (χ0v) is 21.1. The highest BCUT2D eigenvalue weighted by molar-refractivity contribution is 5.95. The van der Waals surface area contributed by atoms with Gasteiger partial charge in [-0.05, 0) is 79.7 Å². The van der Waals surface area contributed by atoms with Gasteiger partial charge in [-0.25, -0.2) is 4.98 Å². The summed E-state index contributed by atoms with van der Waals surface area (Å²) in [6.07, 6.45) is 13.5. The highest BCUT2D eigenvalue weighted by Gasteiger charge is 2.32. The summed E-state index contributed by atoms with van der Waals surface area (Å²) in [6, 6.07) is 19.4. The van der Waals surface area contributed by atoms with Gasteiger partial charge in [-0.15, -0.1) is 0 Å². The lowest BCUT2D eigenvalue weighted by atomic mass is 9.79. The molecule has 0 bridgehead atoms. The van der Waals surface area contributed by atoms with Crippen molar-refractivity contribution in [1.82, 2.24) is 19.5 Å². The van der Waals surface area contributed by atoms with Crippen molar-refractivity contribution >= 4 is 27.7 Å². The Morgan fingerprint density at radius 2 is 1.68 bits per heavy atom. The van der Waals surface area contributed by atoms with Gasteiger partial charge in [0.15, 0.2) is 0 Å². The Kier molecular flexibility index (Phi) is 5.64. The van der Waals surface area contributed by atoms with Crippen molar-refractivity contribution in [3.63, 3.8) is 0 Å². The van der Waals surface area contributed by atoms with Gasteiger partial charge in [-0.1, -0.05) is 36.4 Å². The van der Waals surface area contributed by atoms with Crippen molar-refractivity contribution in [1.29, 1.82) is 0 Å². The highest BCUT2D eigenvalue weighted by atomic mass is 16.1. The largest absolute Gasteiger partial charge is 0.361 e. The van der Waals surface area contributed by atoms with Crippen molar-refractivity contribution in [2.24, 2.45) is 17.8 Å². The number of hydrogen-bond donors (Lipinski definition) is 1. The molecule has 186 valence electrons. The lowest BCUT2D eigenvalue weighted by molar-refractivity contribution is -0.121. The topological polar surface area (TPSA) is 63.6 Å². The smallest absolute Gasteiger partial charge is 0.141 e. The van der Waals surface area contributed by atoms with Gasteiger partial charge >= 0.3 is 0 Å². The molecule has 1 N–H and O–H groups in total. The van der Waals surface area contributed by atoms with Crippen molar-refractivity contribution in [3.05, 3.63) is 73.2 Å². The summed E-state index contributed by atoms with van der Waals surface area (Å²) in [7, 11) is 0. The fourth-order valence-electron chi connectivity index (χ4n) is 6.26. The second-order valence-corrected chi connectivity index (χ2v) is 11.1. The van der Waals surface area contributed by atoms with Crippen LogP contribution in [0.25, 0.3) is 44.5 Å². The van der Waals surface area contributed by atoms with Crippen LogP contribution in [0.1, 0.15) is 44.9 Å². The number of aromatic nitrogens is 4. The Labute approximate surface area is 217 Å². The minimum absolute atomic E-state index is 0.397. The van der Waals surface area contributed by atoms with Crippen LogP contribution >= 0.6 is 0 Å². The van der Waals surface area contributed by atoms with Crippen LogP contribution in [0.5, 0.6) is 0 Å². The first-order valence-corrected chi connectivity index (χ1v) is 13.7. The van der Waals surface area contributed by atoms with Crippen LogP contribution in [0.15, 0.2) is 73.2 Å². The fraction of sp³-hybridized carbons (Fsp3) is 0.344. The molecule has 7 rings (SSSR count). The Balaban J connectivity index is 1.14. The number of H-pyrrole nitrogens is 1. The first kappa shape index (κ1) is 22.5. The van der Waals surface area contributed by atoms with E-state index in [2.05, 4.69) is 69.1 Å². The quantitative estimate of drug-likeness (QED) is 0.259. The molecule has 2 saturated carbocycles. The summed E-state index contributed by atoms with van der Waals surface area (Å²) in [4.78, 5) is 25.0. The molecule has 3 heterocycles. The third-order valence-corrected chi connectivity index (χ3v) is 8.53. The van der Waals surface area contributed by atoms with E-state index in [0.717, 1.165) is 53.7 Å². The van der Waals surface area contributed by atoms with Gasteiger partial charge in [0.2, 0.25) is 0 Å². The Bertz CT molecular complexity index is 1570. The average Bonchev–Trinajstić information content (AvgIpc) is 3.58.